The molecule has 3 rings (SSSR count). The Morgan fingerprint density at radius 3 is 2.60 bits per heavy atom. The van der Waals surface area contributed by atoms with Gasteiger partial charge in [0.1, 0.15) is 5.75 Å². The van der Waals surface area contributed by atoms with E-state index >= 15 is 0 Å². The lowest BCUT2D eigenvalue weighted by Gasteiger charge is -2.43. The van der Waals surface area contributed by atoms with Crippen LogP contribution in [0.15, 0.2) is 24.3 Å². The molecular weight excluding hydrogens is 254 g/mol. The second-order valence-electron chi connectivity index (χ2n) is 5.58. The Hall–Kier alpha value is -1.59. The lowest BCUT2D eigenvalue weighted by atomic mass is 10.1. The van der Waals surface area contributed by atoms with Crippen molar-refractivity contribution in [2.24, 2.45) is 0 Å². The normalized spacial score (nSPS) is 20.7. The van der Waals surface area contributed by atoms with Gasteiger partial charge in [0.2, 0.25) is 5.91 Å². The quantitative estimate of drug-likeness (QED) is 0.818. The number of amides is 1. The van der Waals surface area contributed by atoms with Gasteiger partial charge in [-0.2, -0.15) is 0 Å². The molecule has 2 saturated heterocycles. The first-order valence-corrected chi connectivity index (χ1v) is 7.23. The summed E-state index contributed by atoms with van der Waals surface area (Å²) in [5.41, 5.74) is 0.876. The molecule has 0 atom stereocenters. The van der Waals surface area contributed by atoms with Gasteiger partial charge in [0, 0.05) is 45.3 Å². The van der Waals surface area contributed by atoms with Crippen molar-refractivity contribution in [1.29, 1.82) is 0 Å². The highest BCUT2D eigenvalue weighted by atomic mass is 16.3. The van der Waals surface area contributed by atoms with Crippen LogP contribution in [-0.2, 0) is 11.2 Å². The van der Waals surface area contributed by atoms with Crippen LogP contribution in [0, 0.1) is 0 Å². The fourth-order valence-corrected chi connectivity index (χ4v) is 2.82. The summed E-state index contributed by atoms with van der Waals surface area (Å²) >= 11 is 0. The molecule has 0 radical (unpaired) electrons. The minimum absolute atomic E-state index is 0.155. The predicted octanol–water partition coefficient (Wildman–Crippen LogP) is 0.0507. The van der Waals surface area contributed by atoms with Crippen LogP contribution >= 0.6 is 0 Å². The van der Waals surface area contributed by atoms with Crippen LogP contribution in [0.3, 0.4) is 0 Å². The Labute approximate surface area is 119 Å². The summed E-state index contributed by atoms with van der Waals surface area (Å²) in [4.78, 5) is 16.7. The van der Waals surface area contributed by atoms with Gasteiger partial charge in [0.25, 0.3) is 0 Å². The van der Waals surface area contributed by atoms with Crippen LogP contribution in [0.2, 0.25) is 0 Å². The smallest absolute Gasteiger partial charge is 0.227 e. The summed E-state index contributed by atoms with van der Waals surface area (Å²) in [6.45, 7) is 5.73. The highest BCUT2D eigenvalue weighted by Gasteiger charge is 2.29. The van der Waals surface area contributed by atoms with Crippen molar-refractivity contribution in [3.63, 3.8) is 0 Å². The molecule has 0 saturated carbocycles. The van der Waals surface area contributed by atoms with Crippen molar-refractivity contribution >= 4 is 5.91 Å². The molecule has 2 aliphatic rings. The molecule has 0 aromatic heterocycles. The van der Waals surface area contributed by atoms with Gasteiger partial charge in [-0.15, -0.1) is 0 Å². The number of carbonyl (C=O) groups excluding carboxylic acids is 1. The highest BCUT2D eigenvalue weighted by Crippen LogP contribution is 2.14. The maximum absolute atomic E-state index is 12.3. The molecule has 20 heavy (non-hydrogen) atoms. The van der Waals surface area contributed by atoms with E-state index in [4.69, 9.17) is 0 Å². The average Bonchev–Trinajstić information content (AvgIpc) is 2.37. The maximum atomic E-state index is 12.3. The molecule has 5 nitrogen and oxygen atoms in total. The number of phenolic OH excluding ortho intramolecular Hbond substituents is 1. The lowest BCUT2D eigenvalue weighted by Crippen LogP contribution is -2.62. The third-order valence-electron chi connectivity index (χ3n) is 4.21. The van der Waals surface area contributed by atoms with E-state index in [0.29, 0.717) is 12.5 Å². The van der Waals surface area contributed by atoms with Gasteiger partial charge in [-0.05, 0) is 17.7 Å². The molecule has 0 unspecified atom stereocenters. The van der Waals surface area contributed by atoms with Crippen molar-refractivity contribution in [3.8, 4) is 5.75 Å². The molecule has 0 bridgehead atoms. The first-order chi connectivity index (χ1) is 9.72. The Morgan fingerprint density at radius 1 is 1.25 bits per heavy atom. The van der Waals surface area contributed by atoms with Gasteiger partial charge < -0.3 is 15.3 Å². The Morgan fingerprint density at radius 2 is 2.00 bits per heavy atom. The molecule has 2 N–H and O–H groups in total. The van der Waals surface area contributed by atoms with E-state index < -0.39 is 0 Å². The maximum Gasteiger partial charge on any atom is 0.227 e. The molecule has 5 heteroatoms. The molecule has 0 spiro atoms. The zero-order chi connectivity index (χ0) is 13.9. The van der Waals surface area contributed by atoms with Crippen LogP contribution < -0.4 is 5.32 Å². The fourth-order valence-electron chi connectivity index (χ4n) is 2.82. The highest BCUT2D eigenvalue weighted by molar-refractivity contribution is 5.79. The largest absolute Gasteiger partial charge is 0.508 e. The summed E-state index contributed by atoms with van der Waals surface area (Å²) < 4.78 is 0. The summed E-state index contributed by atoms with van der Waals surface area (Å²) in [5.74, 6) is 0.375. The summed E-state index contributed by atoms with van der Waals surface area (Å²) in [5, 5.41) is 12.7. The second kappa shape index (κ2) is 5.81. The van der Waals surface area contributed by atoms with E-state index in [9.17, 15) is 9.90 Å². The number of benzene rings is 1. The monoisotopic (exact) mass is 275 g/mol. The van der Waals surface area contributed by atoms with Gasteiger partial charge in [0.15, 0.2) is 0 Å². The van der Waals surface area contributed by atoms with Crippen molar-refractivity contribution in [2.75, 3.05) is 39.3 Å². The van der Waals surface area contributed by atoms with Gasteiger partial charge >= 0.3 is 0 Å². The minimum atomic E-state index is 0.155. The van der Waals surface area contributed by atoms with Crippen molar-refractivity contribution in [3.05, 3.63) is 29.8 Å². The fraction of sp³-hybridized carbons (Fsp3) is 0.533. The Balaban J connectivity index is 1.51. The number of phenols is 1. The average molecular weight is 275 g/mol. The van der Waals surface area contributed by atoms with Crippen molar-refractivity contribution < 1.29 is 9.90 Å². The van der Waals surface area contributed by atoms with Gasteiger partial charge in [-0.3, -0.25) is 9.69 Å². The van der Waals surface area contributed by atoms with E-state index in [-0.39, 0.29) is 11.7 Å². The third kappa shape index (κ3) is 2.94. The first-order valence-electron chi connectivity index (χ1n) is 7.23. The number of rotatable bonds is 3. The van der Waals surface area contributed by atoms with Crippen LogP contribution in [0.5, 0.6) is 5.75 Å². The van der Waals surface area contributed by atoms with Gasteiger partial charge in [-0.1, -0.05) is 12.1 Å². The lowest BCUT2D eigenvalue weighted by molar-refractivity contribution is -0.132. The van der Waals surface area contributed by atoms with E-state index in [1.807, 2.05) is 11.0 Å². The van der Waals surface area contributed by atoms with Gasteiger partial charge in [0.05, 0.1) is 6.42 Å². The van der Waals surface area contributed by atoms with Crippen LogP contribution in [0.1, 0.15) is 5.56 Å². The Bertz CT molecular complexity index is 480. The molecule has 2 fully saturated rings. The standard InChI is InChI=1S/C15H21N3O2/c19-14-3-1-2-12(8-14)9-15(20)18-6-4-17(5-7-18)13-10-16-11-13/h1-3,8,13,16,19H,4-7,9-11H2. The Kier molecular flexibility index (Phi) is 3.89. The molecule has 1 aromatic rings. The minimum Gasteiger partial charge on any atom is -0.508 e. The zero-order valence-corrected chi connectivity index (χ0v) is 11.6. The molecule has 0 aliphatic carbocycles. The molecule has 2 heterocycles. The number of carbonyl (C=O) groups is 1. The third-order valence-corrected chi connectivity index (χ3v) is 4.21. The molecule has 1 aromatic carbocycles. The number of nitrogens with one attached hydrogen (secondary N) is 1. The first kappa shape index (κ1) is 13.4. The molecular formula is C15H21N3O2. The number of piperazine rings is 1. The summed E-state index contributed by atoms with van der Waals surface area (Å²) in [7, 11) is 0. The number of hydrogen-bond acceptors (Lipinski definition) is 4. The number of aromatic hydroxyl groups is 1. The van der Waals surface area contributed by atoms with Gasteiger partial charge in [-0.25, -0.2) is 0 Å². The van der Waals surface area contributed by atoms with Crippen LogP contribution in [-0.4, -0.2) is 66.1 Å². The number of nitrogens with zero attached hydrogens (tertiary/aromatic N) is 2. The van der Waals surface area contributed by atoms with E-state index in [1.54, 1.807) is 18.2 Å². The van der Waals surface area contributed by atoms with E-state index in [1.165, 1.54) is 0 Å². The predicted molar refractivity (Wildman–Crippen MR) is 76.6 cm³/mol. The topological polar surface area (TPSA) is 55.8 Å². The van der Waals surface area contributed by atoms with Crippen LogP contribution in [0.25, 0.3) is 0 Å². The SMILES string of the molecule is O=C(Cc1cccc(O)c1)N1CCN(C2CNC2)CC1. The second-order valence-corrected chi connectivity index (χ2v) is 5.58. The van der Waals surface area contributed by atoms with Crippen LogP contribution in [0.4, 0.5) is 0 Å². The molecule has 1 amide bonds. The van der Waals surface area contributed by atoms with Crippen molar-refractivity contribution in [1.82, 2.24) is 15.1 Å². The van der Waals surface area contributed by atoms with Crippen molar-refractivity contribution in [2.45, 2.75) is 12.5 Å². The molecule has 2 aliphatic heterocycles. The summed E-state index contributed by atoms with van der Waals surface area (Å²) in [6, 6.07) is 7.61. The summed E-state index contributed by atoms with van der Waals surface area (Å²) in [6.07, 6.45) is 0.374. The number of hydrogen-bond donors (Lipinski definition) is 2. The van der Waals surface area contributed by atoms with E-state index in [0.717, 1.165) is 44.8 Å². The molecule has 108 valence electrons. The van der Waals surface area contributed by atoms with E-state index in [2.05, 4.69) is 10.2 Å². The zero-order valence-electron chi connectivity index (χ0n) is 11.6.